The SMILES string of the molecule is CN(Cc1cc(Br)cc(Br)c1O)C1CCCCC1. The molecule has 1 aromatic carbocycles. The molecule has 2 rings (SSSR count). The zero-order valence-electron chi connectivity index (χ0n) is 10.6. The maximum Gasteiger partial charge on any atom is 0.134 e. The Morgan fingerprint density at radius 2 is 1.89 bits per heavy atom. The number of aromatic hydroxyl groups is 1. The average Bonchev–Trinajstić information content (AvgIpc) is 2.36. The summed E-state index contributed by atoms with van der Waals surface area (Å²) in [5.41, 5.74) is 0.976. The minimum Gasteiger partial charge on any atom is -0.506 e. The smallest absolute Gasteiger partial charge is 0.134 e. The van der Waals surface area contributed by atoms with Crippen molar-refractivity contribution in [2.45, 2.75) is 44.7 Å². The van der Waals surface area contributed by atoms with Crippen LogP contribution >= 0.6 is 31.9 Å². The van der Waals surface area contributed by atoms with Gasteiger partial charge in [0.1, 0.15) is 5.75 Å². The van der Waals surface area contributed by atoms with Crippen molar-refractivity contribution in [3.05, 3.63) is 26.6 Å². The standard InChI is InChI=1S/C14H19Br2NO/c1-17(12-5-3-2-4-6-12)9-10-7-11(15)8-13(16)14(10)18/h7-8,12,18H,2-6,9H2,1H3. The van der Waals surface area contributed by atoms with E-state index >= 15 is 0 Å². The molecule has 1 aliphatic carbocycles. The van der Waals surface area contributed by atoms with Crippen LogP contribution in [0.5, 0.6) is 5.75 Å². The van der Waals surface area contributed by atoms with Gasteiger partial charge in [-0.1, -0.05) is 35.2 Å². The van der Waals surface area contributed by atoms with Gasteiger partial charge in [-0.2, -0.15) is 0 Å². The van der Waals surface area contributed by atoms with Crippen molar-refractivity contribution < 1.29 is 5.11 Å². The summed E-state index contributed by atoms with van der Waals surface area (Å²) in [6, 6.07) is 4.54. The first-order valence-electron chi connectivity index (χ1n) is 6.45. The second-order valence-electron chi connectivity index (χ2n) is 5.10. The number of phenols is 1. The lowest BCUT2D eigenvalue weighted by Crippen LogP contribution is -2.32. The molecule has 1 aliphatic rings. The molecule has 0 saturated heterocycles. The van der Waals surface area contributed by atoms with E-state index in [2.05, 4.69) is 43.8 Å². The van der Waals surface area contributed by atoms with Gasteiger partial charge in [0.25, 0.3) is 0 Å². The Hall–Kier alpha value is -0.0600. The number of hydrogen-bond acceptors (Lipinski definition) is 2. The normalized spacial score (nSPS) is 17.3. The highest BCUT2D eigenvalue weighted by Gasteiger charge is 2.19. The molecule has 4 heteroatoms. The van der Waals surface area contributed by atoms with Gasteiger partial charge in [-0.05, 0) is 48.0 Å². The largest absolute Gasteiger partial charge is 0.506 e. The quantitative estimate of drug-likeness (QED) is 0.827. The molecule has 2 nitrogen and oxygen atoms in total. The van der Waals surface area contributed by atoms with Gasteiger partial charge >= 0.3 is 0 Å². The molecule has 18 heavy (non-hydrogen) atoms. The number of benzene rings is 1. The van der Waals surface area contributed by atoms with Crippen molar-refractivity contribution >= 4 is 31.9 Å². The third-order valence-corrected chi connectivity index (χ3v) is 4.79. The van der Waals surface area contributed by atoms with Gasteiger partial charge < -0.3 is 5.11 Å². The van der Waals surface area contributed by atoms with Crippen LogP contribution in [0.1, 0.15) is 37.7 Å². The fourth-order valence-corrected chi connectivity index (χ4v) is 3.97. The van der Waals surface area contributed by atoms with E-state index in [0.29, 0.717) is 11.8 Å². The van der Waals surface area contributed by atoms with Gasteiger partial charge in [0.2, 0.25) is 0 Å². The van der Waals surface area contributed by atoms with E-state index < -0.39 is 0 Å². The van der Waals surface area contributed by atoms with Crippen LogP contribution in [-0.4, -0.2) is 23.1 Å². The Bertz CT molecular complexity index is 417. The van der Waals surface area contributed by atoms with Crippen molar-refractivity contribution in [2.24, 2.45) is 0 Å². The van der Waals surface area contributed by atoms with Crippen molar-refractivity contribution in [1.82, 2.24) is 4.90 Å². The second kappa shape index (κ2) is 6.40. The zero-order valence-corrected chi connectivity index (χ0v) is 13.8. The van der Waals surface area contributed by atoms with Crippen LogP contribution in [0.15, 0.2) is 21.1 Å². The lowest BCUT2D eigenvalue weighted by Gasteiger charge is -2.31. The lowest BCUT2D eigenvalue weighted by molar-refractivity contribution is 0.183. The van der Waals surface area contributed by atoms with E-state index in [1.54, 1.807) is 0 Å². The molecule has 1 aromatic rings. The fraction of sp³-hybridized carbons (Fsp3) is 0.571. The van der Waals surface area contributed by atoms with Crippen LogP contribution in [0.4, 0.5) is 0 Å². The summed E-state index contributed by atoms with van der Waals surface area (Å²) in [6.45, 7) is 0.800. The topological polar surface area (TPSA) is 23.5 Å². The summed E-state index contributed by atoms with van der Waals surface area (Å²) < 4.78 is 1.75. The molecule has 0 atom stereocenters. The Labute approximate surface area is 126 Å². The Morgan fingerprint density at radius 1 is 1.22 bits per heavy atom. The van der Waals surface area contributed by atoms with Crippen LogP contribution in [0, 0.1) is 0 Å². The van der Waals surface area contributed by atoms with Crippen LogP contribution in [0.2, 0.25) is 0 Å². The van der Waals surface area contributed by atoms with E-state index in [0.717, 1.165) is 21.1 Å². The minimum atomic E-state index is 0.362. The van der Waals surface area contributed by atoms with Crippen LogP contribution in [0.3, 0.4) is 0 Å². The summed E-state index contributed by atoms with van der Waals surface area (Å²) in [5, 5.41) is 10.1. The first-order valence-corrected chi connectivity index (χ1v) is 8.03. The molecule has 1 N–H and O–H groups in total. The maximum atomic E-state index is 10.1. The Kier molecular flexibility index (Phi) is 5.10. The van der Waals surface area contributed by atoms with Crippen LogP contribution < -0.4 is 0 Å². The van der Waals surface area contributed by atoms with E-state index in [-0.39, 0.29) is 0 Å². The average molecular weight is 377 g/mol. The number of rotatable bonds is 3. The van der Waals surface area contributed by atoms with Crippen molar-refractivity contribution in [2.75, 3.05) is 7.05 Å². The summed E-state index contributed by atoms with van der Waals surface area (Å²) in [4.78, 5) is 2.37. The highest BCUT2D eigenvalue weighted by atomic mass is 79.9. The molecule has 0 aromatic heterocycles. The van der Waals surface area contributed by atoms with Gasteiger partial charge in [0, 0.05) is 22.6 Å². The van der Waals surface area contributed by atoms with E-state index in [4.69, 9.17) is 0 Å². The predicted molar refractivity (Wildman–Crippen MR) is 81.8 cm³/mol. The molecule has 1 fully saturated rings. The molecule has 100 valence electrons. The minimum absolute atomic E-state index is 0.362. The third kappa shape index (κ3) is 3.49. The van der Waals surface area contributed by atoms with E-state index in [9.17, 15) is 5.11 Å². The van der Waals surface area contributed by atoms with Gasteiger partial charge in [-0.3, -0.25) is 4.90 Å². The molecule has 0 spiro atoms. The first kappa shape index (κ1) is 14.4. The Morgan fingerprint density at radius 3 is 2.56 bits per heavy atom. The molecular weight excluding hydrogens is 358 g/mol. The third-order valence-electron chi connectivity index (χ3n) is 3.72. The number of phenolic OH excluding ortho intramolecular Hbond substituents is 1. The highest BCUT2D eigenvalue weighted by Crippen LogP contribution is 2.33. The summed E-state index contributed by atoms with van der Waals surface area (Å²) in [5.74, 6) is 0.362. The van der Waals surface area contributed by atoms with Crippen LogP contribution in [-0.2, 0) is 6.54 Å². The molecule has 0 unspecified atom stereocenters. The summed E-state index contributed by atoms with van der Waals surface area (Å²) in [7, 11) is 2.16. The number of nitrogens with zero attached hydrogens (tertiary/aromatic N) is 1. The molecular formula is C14H19Br2NO. The molecule has 0 amide bonds. The van der Waals surface area contributed by atoms with Gasteiger partial charge in [-0.15, -0.1) is 0 Å². The monoisotopic (exact) mass is 375 g/mol. The summed E-state index contributed by atoms with van der Waals surface area (Å²) in [6.07, 6.45) is 6.61. The van der Waals surface area contributed by atoms with E-state index in [1.165, 1.54) is 32.1 Å². The van der Waals surface area contributed by atoms with Gasteiger partial charge in [0.15, 0.2) is 0 Å². The fourth-order valence-electron chi connectivity index (χ4n) is 2.66. The highest BCUT2D eigenvalue weighted by molar-refractivity contribution is 9.11. The molecule has 1 saturated carbocycles. The number of halogens is 2. The second-order valence-corrected chi connectivity index (χ2v) is 6.87. The predicted octanol–water partition coefficient (Wildman–Crippen LogP) is 4.68. The summed E-state index contributed by atoms with van der Waals surface area (Å²) >= 11 is 6.86. The molecule has 0 radical (unpaired) electrons. The zero-order chi connectivity index (χ0) is 13.1. The number of hydrogen-bond donors (Lipinski definition) is 1. The van der Waals surface area contributed by atoms with Crippen LogP contribution in [0.25, 0.3) is 0 Å². The Balaban J connectivity index is 2.08. The molecule has 0 bridgehead atoms. The molecule has 0 heterocycles. The van der Waals surface area contributed by atoms with E-state index in [1.807, 2.05) is 12.1 Å². The van der Waals surface area contributed by atoms with Crippen molar-refractivity contribution in [1.29, 1.82) is 0 Å². The maximum absolute atomic E-state index is 10.1. The van der Waals surface area contributed by atoms with Gasteiger partial charge in [-0.25, -0.2) is 0 Å². The first-order chi connectivity index (χ1) is 8.58. The lowest BCUT2D eigenvalue weighted by atomic mass is 9.94. The van der Waals surface area contributed by atoms with Gasteiger partial charge in [0.05, 0.1) is 4.47 Å². The molecule has 0 aliphatic heterocycles. The van der Waals surface area contributed by atoms with Crippen molar-refractivity contribution in [3.8, 4) is 5.75 Å². The van der Waals surface area contributed by atoms with Crippen molar-refractivity contribution in [3.63, 3.8) is 0 Å².